The number of piperidine rings is 1. The van der Waals surface area contributed by atoms with Crippen LogP contribution in [0.5, 0.6) is 0 Å². The maximum absolute atomic E-state index is 12.5. The van der Waals surface area contributed by atoms with Crippen LogP contribution in [0.1, 0.15) is 42.0 Å². The first-order valence-electron chi connectivity index (χ1n) is 9.00. The highest BCUT2D eigenvalue weighted by atomic mass is 16.2. The summed E-state index contributed by atoms with van der Waals surface area (Å²) in [5.41, 5.74) is 4.74. The number of aromatic nitrogens is 4. The van der Waals surface area contributed by atoms with Crippen LogP contribution in [0, 0.1) is 27.7 Å². The van der Waals surface area contributed by atoms with E-state index in [4.69, 9.17) is 0 Å². The number of rotatable bonds is 5. The van der Waals surface area contributed by atoms with Crippen molar-refractivity contribution in [3.63, 3.8) is 0 Å². The van der Waals surface area contributed by atoms with Gasteiger partial charge >= 0.3 is 0 Å². The Labute approximate surface area is 148 Å². The Morgan fingerprint density at radius 1 is 1.32 bits per heavy atom. The SMILES string of the molecule is Cc1cc(C)n(CC2CCCCN2CC(=O)Nc2c(C)n[nH]c2C)n1. The Bertz CT molecular complexity index is 727. The van der Waals surface area contributed by atoms with Gasteiger partial charge in [-0.3, -0.25) is 19.5 Å². The maximum atomic E-state index is 12.5. The molecule has 1 aliphatic rings. The van der Waals surface area contributed by atoms with Gasteiger partial charge in [0.05, 0.1) is 35.9 Å². The largest absolute Gasteiger partial charge is 0.322 e. The summed E-state index contributed by atoms with van der Waals surface area (Å²) in [7, 11) is 0. The second-order valence-electron chi connectivity index (χ2n) is 7.09. The molecule has 2 N–H and O–H groups in total. The normalized spacial score (nSPS) is 18.5. The lowest BCUT2D eigenvalue weighted by Gasteiger charge is -2.35. The zero-order valence-electron chi connectivity index (χ0n) is 15.6. The minimum atomic E-state index is 0.0212. The Hall–Kier alpha value is -2.15. The summed E-state index contributed by atoms with van der Waals surface area (Å²) in [6.07, 6.45) is 3.46. The van der Waals surface area contributed by atoms with Crippen LogP contribution in [-0.2, 0) is 11.3 Å². The number of nitrogens with zero attached hydrogens (tertiary/aromatic N) is 4. The van der Waals surface area contributed by atoms with Crippen molar-refractivity contribution in [2.75, 3.05) is 18.4 Å². The van der Waals surface area contributed by atoms with Gasteiger partial charge in [-0.2, -0.15) is 10.2 Å². The Morgan fingerprint density at radius 3 is 2.76 bits per heavy atom. The lowest BCUT2D eigenvalue weighted by Crippen LogP contribution is -2.46. The van der Waals surface area contributed by atoms with E-state index < -0.39 is 0 Å². The van der Waals surface area contributed by atoms with Crippen molar-refractivity contribution in [3.8, 4) is 0 Å². The van der Waals surface area contributed by atoms with Crippen molar-refractivity contribution in [3.05, 3.63) is 28.8 Å². The van der Waals surface area contributed by atoms with Gasteiger partial charge in [0, 0.05) is 11.7 Å². The quantitative estimate of drug-likeness (QED) is 0.872. The number of carbonyl (C=O) groups excluding carboxylic acids is 1. The van der Waals surface area contributed by atoms with Crippen molar-refractivity contribution in [1.29, 1.82) is 0 Å². The van der Waals surface area contributed by atoms with E-state index in [1.165, 1.54) is 12.1 Å². The van der Waals surface area contributed by atoms with Gasteiger partial charge in [0.2, 0.25) is 5.91 Å². The molecule has 1 atom stereocenters. The number of anilines is 1. The number of H-pyrrole nitrogens is 1. The molecule has 1 unspecified atom stereocenters. The molecule has 7 nitrogen and oxygen atoms in total. The molecular formula is C18H28N6O. The summed E-state index contributed by atoms with van der Waals surface area (Å²) >= 11 is 0. The van der Waals surface area contributed by atoms with Crippen molar-refractivity contribution in [2.24, 2.45) is 0 Å². The van der Waals surface area contributed by atoms with Gasteiger partial charge in [0.25, 0.3) is 0 Å². The first-order valence-corrected chi connectivity index (χ1v) is 9.00. The van der Waals surface area contributed by atoms with Crippen LogP contribution < -0.4 is 5.32 Å². The van der Waals surface area contributed by atoms with E-state index in [1.54, 1.807) is 0 Å². The average molecular weight is 344 g/mol. The van der Waals surface area contributed by atoms with Crippen LogP contribution in [0.15, 0.2) is 6.07 Å². The predicted molar refractivity (Wildman–Crippen MR) is 97.6 cm³/mol. The Kier molecular flexibility index (Phi) is 5.22. The fourth-order valence-electron chi connectivity index (χ4n) is 3.63. The fourth-order valence-corrected chi connectivity index (χ4v) is 3.63. The third kappa shape index (κ3) is 4.10. The molecule has 0 bridgehead atoms. The van der Waals surface area contributed by atoms with Crippen molar-refractivity contribution < 1.29 is 4.79 Å². The zero-order valence-corrected chi connectivity index (χ0v) is 15.6. The molecule has 0 spiro atoms. The van der Waals surface area contributed by atoms with Crippen LogP contribution in [0.25, 0.3) is 0 Å². The van der Waals surface area contributed by atoms with Gasteiger partial charge < -0.3 is 5.32 Å². The van der Waals surface area contributed by atoms with Crippen LogP contribution in [0.2, 0.25) is 0 Å². The molecule has 0 radical (unpaired) electrons. The number of hydrogen-bond donors (Lipinski definition) is 2. The molecule has 3 rings (SSSR count). The van der Waals surface area contributed by atoms with E-state index in [-0.39, 0.29) is 5.91 Å². The summed E-state index contributed by atoms with van der Waals surface area (Å²) in [5, 5.41) is 14.6. The van der Waals surface area contributed by atoms with E-state index >= 15 is 0 Å². The van der Waals surface area contributed by atoms with E-state index in [9.17, 15) is 4.79 Å². The van der Waals surface area contributed by atoms with E-state index in [0.29, 0.717) is 12.6 Å². The molecule has 1 amide bonds. The molecule has 0 aliphatic carbocycles. The second-order valence-corrected chi connectivity index (χ2v) is 7.09. The number of aryl methyl sites for hydroxylation is 4. The van der Waals surface area contributed by atoms with Crippen molar-refractivity contribution in [2.45, 2.75) is 59.5 Å². The summed E-state index contributed by atoms with van der Waals surface area (Å²) in [5.74, 6) is 0.0212. The summed E-state index contributed by atoms with van der Waals surface area (Å²) < 4.78 is 2.07. The number of carbonyl (C=O) groups is 1. The van der Waals surface area contributed by atoms with E-state index in [1.807, 2.05) is 20.8 Å². The molecule has 25 heavy (non-hydrogen) atoms. The lowest BCUT2D eigenvalue weighted by atomic mass is 10.0. The highest BCUT2D eigenvalue weighted by Crippen LogP contribution is 2.20. The number of amides is 1. The van der Waals surface area contributed by atoms with Gasteiger partial charge in [0.1, 0.15) is 0 Å². The van der Waals surface area contributed by atoms with Crippen LogP contribution in [0.3, 0.4) is 0 Å². The highest BCUT2D eigenvalue weighted by molar-refractivity contribution is 5.93. The molecule has 1 saturated heterocycles. The number of aromatic amines is 1. The minimum Gasteiger partial charge on any atom is -0.322 e. The molecule has 1 fully saturated rings. The topological polar surface area (TPSA) is 78.8 Å². The molecule has 0 saturated carbocycles. The molecule has 2 aromatic rings. The van der Waals surface area contributed by atoms with Crippen molar-refractivity contribution >= 4 is 11.6 Å². The maximum Gasteiger partial charge on any atom is 0.238 e. The lowest BCUT2D eigenvalue weighted by molar-refractivity contribution is -0.118. The second kappa shape index (κ2) is 7.39. The van der Waals surface area contributed by atoms with E-state index in [2.05, 4.69) is 43.2 Å². The number of nitrogens with one attached hydrogen (secondary N) is 2. The third-order valence-electron chi connectivity index (χ3n) is 4.98. The van der Waals surface area contributed by atoms with Gasteiger partial charge in [-0.1, -0.05) is 6.42 Å². The summed E-state index contributed by atoms with van der Waals surface area (Å²) in [6.45, 7) is 10.1. The van der Waals surface area contributed by atoms with Gasteiger partial charge in [-0.25, -0.2) is 0 Å². The predicted octanol–water partition coefficient (Wildman–Crippen LogP) is 2.33. The molecule has 2 aromatic heterocycles. The highest BCUT2D eigenvalue weighted by Gasteiger charge is 2.25. The molecule has 1 aliphatic heterocycles. The summed E-state index contributed by atoms with van der Waals surface area (Å²) in [4.78, 5) is 14.8. The molecule has 0 aromatic carbocycles. The molecule has 3 heterocycles. The third-order valence-corrected chi connectivity index (χ3v) is 4.98. The molecular weight excluding hydrogens is 316 g/mol. The van der Waals surface area contributed by atoms with Crippen LogP contribution in [-0.4, -0.2) is 49.9 Å². The van der Waals surface area contributed by atoms with Crippen LogP contribution >= 0.6 is 0 Å². The Morgan fingerprint density at radius 2 is 2.12 bits per heavy atom. The molecule has 136 valence electrons. The Balaban J connectivity index is 1.64. The smallest absolute Gasteiger partial charge is 0.238 e. The average Bonchev–Trinajstić information content (AvgIpc) is 3.04. The number of likely N-dealkylation sites (tertiary alicyclic amines) is 1. The van der Waals surface area contributed by atoms with Crippen LogP contribution in [0.4, 0.5) is 5.69 Å². The minimum absolute atomic E-state index is 0.0212. The summed E-state index contributed by atoms with van der Waals surface area (Å²) in [6, 6.07) is 2.45. The first kappa shape index (κ1) is 17.7. The zero-order chi connectivity index (χ0) is 18.0. The molecule has 7 heteroatoms. The fraction of sp³-hybridized carbons (Fsp3) is 0.611. The van der Waals surface area contributed by atoms with Gasteiger partial charge in [-0.15, -0.1) is 0 Å². The number of hydrogen-bond acceptors (Lipinski definition) is 4. The van der Waals surface area contributed by atoms with Gasteiger partial charge in [0.15, 0.2) is 0 Å². The standard InChI is InChI=1S/C18H28N6O/c1-12-9-13(2)24(22-12)10-16-7-5-6-8-23(16)11-17(25)19-18-14(3)20-21-15(18)4/h9,16H,5-8,10-11H2,1-4H3,(H,19,25)(H,20,21). The van der Waals surface area contributed by atoms with Gasteiger partial charge in [-0.05, 0) is 53.1 Å². The monoisotopic (exact) mass is 344 g/mol. The van der Waals surface area contributed by atoms with Crippen molar-refractivity contribution in [1.82, 2.24) is 24.9 Å². The first-order chi connectivity index (χ1) is 11.9. The van der Waals surface area contributed by atoms with E-state index in [0.717, 1.165) is 48.7 Å².